The van der Waals surface area contributed by atoms with Gasteiger partial charge >= 0.3 is 0 Å². The molecule has 0 unspecified atom stereocenters. The summed E-state index contributed by atoms with van der Waals surface area (Å²) in [4.78, 5) is 48.1. The highest BCUT2D eigenvalue weighted by Gasteiger charge is 2.53. The third-order valence-electron chi connectivity index (χ3n) is 8.25. The standard InChI is InChI=1S/C30H32N4O3/c1-2-16-32-21-34(23-10-4-3-5-11-23)30(29(32)37)14-17-31(18-15-30)19-20-33-27(35)24-12-6-8-22-9-7-13-25(26(22)24)28(33)36/h3-13H,2,14-21H2,1H3. The highest BCUT2D eigenvalue weighted by atomic mass is 16.2. The maximum atomic E-state index is 13.6. The molecule has 0 radical (unpaired) electrons. The quantitative estimate of drug-likeness (QED) is 0.483. The van der Waals surface area contributed by atoms with Crippen LogP contribution in [0.4, 0.5) is 5.69 Å². The number of piperidine rings is 1. The average molecular weight is 497 g/mol. The number of rotatable bonds is 6. The first-order valence-corrected chi connectivity index (χ1v) is 13.3. The van der Waals surface area contributed by atoms with E-state index in [1.807, 2.05) is 59.5 Å². The van der Waals surface area contributed by atoms with Crippen LogP contribution in [0.1, 0.15) is 46.9 Å². The first-order valence-electron chi connectivity index (χ1n) is 13.3. The third-order valence-corrected chi connectivity index (χ3v) is 8.25. The van der Waals surface area contributed by atoms with E-state index in [1.165, 1.54) is 4.90 Å². The number of benzene rings is 3. The van der Waals surface area contributed by atoms with Gasteiger partial charge in [-0.2, -0.15) is 0 Å². The molecule has 7 heteroatoms. The third kappa shape index (κ3) is 3.80. The number of nitrogens with zero attached hydrogens (tertiary/aromatic N) is 4. The van der Waals surface area contributed by atoms with Crippen LogP contribution in [0.5, 0.6) is 0 Å². The van der Waals surface area contributed by atoms with Crippen molar-refractivity contribution in [1.29, 1.82) is 0 Å². The van der Waals surface area contributed by atoms with Crippen molar-refractivity contribution in [2.45, 2.75) is 31.7 Å². The molecule has 2 saturated heterocycles. The van der Waals surface area contributed by atoms with E-state index in [4.69, 9.17) is 0 Å². The van der Waals surface area contributed by atoms with Gasteiger partial charge in [-0.15, -0.1) is 0 Å². The maximum Gasteiger partial charge on any atom is 0.261 e. The van der Waals surface area contributed by atoms with Crippen LogP contribution in [0, 0.1) is 0 Å². The van der Waals surface area contributed by atoms with Crippen LogP contribution in [0.15, 0.2) is 66.7 Å². The Hall–Kier alpha value is -3.71. The van der Waals surface area contributed by atoms with Gasteiger partial charge < -0.3 is 14.7 Å². The van der Waals surface area contributed by atoms with Gasteiger partial charge in [-0.25, -0.2) is 0 Å². The molecule has 3 aromatic rings. The number of carbonyl (C=O) groups excluding carboxylic acids is 3. The number of amides is 3. The number of anilines is 1. The topological polar surface area (TPSA) is 64.2 Å². The SMILES string of the molecule is CCCN1CN(c2ccccc2)C2(CCN(CCN3C(=O)c4cccc5cccc(c45)C3=O)CC2)C1=O. The fourth-order valence-electron chi connectivity index (χ4n) is 6.31. The summed E-state index contributed by atoms with van der Waals surface area (Å²) >= 11 is 0. The van der Waals surface area contributed by atoms with Gasteiger partial charge in [0, 0.05) is 54.9 Å². The molecule has 0 N–H and O–H groups in total. The van der Waals surface area contributed by atoms with Crippen molar-refractivity contribution in [1.82, 2.24) is 14.7 Å². The van der Waals surface area contributed by atoms with E-state index in [-0.39, 0.29) is 17.7 Å². The van der Waals surface area contributed by atoms with E-state index in [1.54, 1.807) is 0 Å². The maximum absolute atomic E-state index is 13.6. The van der Waals surface area contributed by atoms with E-state index < -0.39 is 5.54 Å². The molecule has 0 saturated carbocycles. The first-order chi connectivity index (χ1) is 18.0. The van der Waals surface area contributed by atoms with E-state index in [0.29, 0.717) is 30.9 Å². The molecule has 37 heavy (non-hydrogen) atoms. The zero-order valence-electron chi connectivity index (χ0n) is 21.2. The van der Waals surface area contributed by atoms with Gasteiger partial charge in [0.05, 0.1) is 6.67 Å². The van der Waals surface area contributed by atoms with Crippen LogP contribution in [0.3, 0.4) is 0 Å². The smallest absolute Gasteiger partial charge is 0.261 e. The summed E-state index contributed by atoms with van der Waals surface area (Å²) < 4.78 is 0. The summed E-state index contributed by atoms with van der Waals surface area (Å²) in [5.41, 5.74) is 1.74. The van der Waals surface area contributed by atoms with Crippen LogP contribution >= 0.6 is 0 Å². The number of carbonyl (C=O) groups is 3. The predicted octanol–water partition coefficient (Wildman–Crippen LogP) is 3.99. The Labute approximate surface area is 217 Å². The number of likely N-dealkylation sites (tertiary alicyclic amines) is 1. The zero-order valence-corrected chi connectivity index (χ0v) is 21.2. The molecule has 7 nitrogen and oxygen atoms in total. The molecule has 1 spiro atoms. The summed E-state index contributed by atoms with van der Waals surface area (Å²) in [6.45, 7) is 5.93. The number of imide groups is 1. The summed E-state index contributed by atoms with van der Waals surface area (Å²) in [6, 6.07) is 21.5. The molecule has 0 aromatic heterocycles. The molecule has 190 valence electrons. The molecule has 3 aliphatic rings. The normalized spacial score (nSPS) is 19.5. The zero-order chi connectivity index (χ0) is 25.6. The highest BCUT2D eigenvalue weighted by Crippen LogP contribution is 2.39. The number of hydrogen-bond acceptors (Lipinski definition) is 5. The second-order valence-electron chi connectivity index (χ2n) is 10.3. The molecule has 3 heterocycles. The monoisotopic (exact) mass is 496 g/mol. The van der Waals surface area contributed by atoms with E-state index in [0.717, 1.165) is 55.4 Å². The second kappa shape index (κ2) is 9.30. The van der Waals surface area contributed by atoms with E-state index in [2.05, 4.69) is 28.9 Å². The van der Waals surface area contributed by atoms with Crippen LogP contribution in [0.2, 0.25) is 0 Å². The average Bonchev–Trinajstić information content (AvgIpc) is 3.19. The second-order valence-corrected chi connectivity index (χ2v) is 10.3. The van der Waals surface area contributed by atoms with Crippen LogP contribution < -0.4 is 4.90 Å². The lowest BCUT2D eigenvalue weighted by Gasteiger charge is -2.43. The highest BCUT2D eigenvalue weighted by molar-refractivity contribution is 6.25. The van der Waals surface area contributed by atoms with Crippen molar-refractivity contribution in [3.05, 3.63) is 77.9 Å². The van der Waals surface area contributed by atoms with Gasteiger partial charge in [-0.05, 0) is 48.9 Å². The van der Waals surface area contributed by atoms with Gasteiger partial charge in [-0.3, -0.25) is 19.3 Å². The van der Waals surface area contributed by atoms with Crippen LogP contribution in [0.25, 0.3) is 10.8 Å². The first kappa shape index (κ1) is 23.7. The van der Waals surface area contributed by atoms with Gasteiger partial charge in [0.25, 0.3) is 11.8 Å². The van der Waals surface area contributed by atoms with Gasteiger partial charge in [0.1, 0.15) is 5.54 Å². The minimum Gasteiger partial charge on any atom is -0.339 e. The minimum absolute atomic E-state index is 0.223. The lowest BCUT2D eigenvalue weighted by atomic mass is 9.85. The van der Waals surface area contributed by atoms with Gasteiger partial charge in [0.15, 0.2) is 0 Å². The number of para-hydroxylation sites is 1. The summed E-state index contributed by atoms with van der Waals surface area (Å²) in [5.74, 6) is -0.220. The molecule has 2 fully saturated rings. The minimum atomic E-state index is -0.529. The number of hydrogen-bond donors (Lipinski definition) is 0. The summed E-state index contributed by atoms with van der Waals surface area (Å²) in [6.07, 6.45) is 2.39. The molecule has 0 bridgehead atoms. The Kier molecular flexibility index (Phi) is 5.95. The lowest BCUT2D eigenvalue weighted by Crippen LogP contribution is -2.57. The lowest BCUT2D eigenvalue weighted by molar-refractivity contribution is -0.133. The molecular formula is C30H32N4O3. The van der Waals surface area contributed by atoms with Gasteiger partial charge in [-0.1, -0.05) is 49.4 Å². The molecule has 3 amide bonds. The van der Waals surface area contributed by atoms with Crippen molar-refractivity contribution < 1.29 is 14.4 Å². The Morgan fingerprint density at radius 3 is 2.03 bits per heavy atom. The predicted molar refractivity (Wildman–Crippen MR) is 144 cm³/mol. The van der Waals surface area contributed by atoms with Crippen molar-refractivity contribution >= 4 is 34.2 Å². The molecular weight excluding hydrogens is 464 g/mol. The van der Waals surface area contributed by atoms with Crippen molar-refractivity contribution in [3.63, 3.8) is 0 Å². The van der Waals surface area contributed by atoms with Crippen LogP contribution in [-0.4, -0.2) is 77.4 Å². The summed E-state index contributed by atoms with van der Waals surface area (Å²) in [7, 11) is 0. The molecule has 3 aliphatic heterocycles. The van der Waals surface area contributed by atoms with E-state index >= 15 is 0 Å². The Bertz CT molecular complexity index is 1310. The summed E-state index contributed by atoms with van der Waals surface area (Å²) in [5, 5.41) is 1.67. The fourth-order valence-corrected chi connectivity index (χ4v) is 6.31. The molecule has 6 rings (SSSR count). The Morgan fingerprint density at radius 1 is 0.757 bits per heavy atom. The van der Waals surface area contributed by atoms with Gasteiger partial charge in [0.2, 0.25) is 5.91 Å². The van der Waals surface area contributed by atoms with Crippen molar-refractivity contribution in [3.8, 4) is 0 Å². The Balaban J connectivity index is 1.16. The van der Waals surface area contributed by atoms with Crippen LogP contribution in [-0.2, 0) is 4.79 Å². The van der Waals surface area contributed by atoms with Crippen molar-refractivity contribution in [2.75, 3.05) is 44.3 Å². The van der Waals surface area contributed by atoms with Crippen molar-refractivity contribution in [2.24, 2.45) is 0 Å². The molecule has 3 aromatic carbocycles. The Morgan fingerprint density at radius 2 is 1.41 bits per heavy atom. The fraction of sp³-hybridized carbons (Fsp3) is 0.367. The molecule has 0 aliphatic carbocycles. The largest absolute Gasteiger partial charge is 0.339 e. The molecule has 0 atom stereocenters. The van der Waals surface area contributed by atoms with E-state index in [9.17, 15) is 14.4 Å².